The number of nitrogens with zero attached hydrogens (tertiary/aromatic N) is 6. The van der Waals surface area contributed by atoms with Gasteiger partial charge in [0.05, 0.1) is 24.1 Å². The molecular weight excluding hydrogens is 492 g/mol. The number of thioether (sulfide) groups is 1. The number of sulfonamides is 1. The molecule has 1 aromatic carbocycles. The second-order valence-electron chi connectivity index (χ2n) is 9.03. The first-order chi connectivity index (χ1) is 17.2. The highest BCUT2D eigenvalue weighted by Crippen LogP contribution is 2.38. The van der Waals surface area contributed by atoms with Gasteiger partial charge in [0.1, 0.15) is 16.9 Å². The number of anilines is 2. The molecule has 8 nitrogen and oxygen atoms in total. The molecule has 0 radical (unpaired) electrons. The van der Waals surface area contributed by atoms with Crippen LogP contribution < -0.4 is 9.21 Å². The Kier molecular flexibility index (Phi) is 9.61. The highest BCUT2D eigenvalue weighted by atomic mass is 32.2. The highest BCUT2D eigenvalue weighted by molar-refractivity contribution is 7.98. The lowest BCUT2D eigenvalue weighted by atomic mass is 10.1. The normalized spacial score (nSPS) is 14.2. The van der Waals surface area contributed by atoms with E-state index < -0.39 is 10.0 Å². The van der Waals surface area contributed by atoms with E-state index in [4.69, 9.17) is 11.6 Å². The minimum atomic E-state index is -3.32. The predicted molar refractivity (Wildman–Crippen MR) is 147 cm³/mol. The largest absolute Gasteiger partial charge is 0.367 e. The topological polar surface area (TPSA) is 84.9 Å². The van der Waals surface area contributed by atoms with Gasteiger partial charge in [-0.05, 0) is 55.6 Å². The molecule has 1 aliphatic heterocycles. The molecule has 0 spiro atoms. The van der Waals surface area contributed by atoms with Gasteiger partial charge >= 0.3 is 0 Å². The second kappa shape index (κ2) is 12.4. The Hall–Kier alpha value is -2.79. The Balaban J connectivity index is 1.83. The summed E-state index contributed by atoms with van der Waals surface area (Å²) in [5, 5.41) is 10.6. The third-order valence-corrected chi connectivity index (χ3v) is 8.79. The smallest absolute Gasteiger partial charge is 0.232 e. The van der Waals surface area contributed by atoms with Crippen LogP contribution in [0.5, 0.6) is 0 Å². The summed E-state index contributed by atoms with van der Waals surface area (Å²) >= 11 is 1.47. The average molecular weight is 527 g/mol. The number of rotatable bonds is 10. The summed E-state index contributed by atoms with van der Waals surface area (Å²) in [5.74, 6) is 1.20. The molecule has 10 heteroatoms. The van der Waals surface area contributed by atoms with Crippen molar-refractivity contribution in [3.8, 4) is 6.07 Å². The van der Waals surface area contributed by atoms with E-state index in [1.54, 1.807) is 12.1 Å². The fourth-order valence-electron chi connectivity index (χ4n) is 4.26. The van der Waals surface area contributed by atoms with Crippen LogP contribution in [0, 0.1) is 17.9 Å². The number of piperidine rings is 1. The maximum absolute atomic E-state index is 11.8. The molecule has 36 heavy (non-hydrogen) atoms. The van der Waals surface area contributed by atoms with E-state index >= 15 is 0 Å². The van der Waals surface area contributed by atoms with E-state index in [0.29, 0.717) is 40.0 Å². The van der Waals surface area contributed by atoms with Crippen LogP contribution in [0.1, 0.15) is 42.9 Å². The van der Waals surface area contributed by atoms with E-state index in [1.807, 2.05) is 31.0 Å². The predicted octanol–water partition coefficient (Wildman–Crippen LogP) is 4.68. The molecule has 192 valence electrons. The van der Waals surface area contributed by atoms with Gasteiger partial charge in [-0.3, -0.25) is 4.31 Å². The summed E-state index contributed by atoms with van der Waals surface area (Å²) in [4.78, 5) is 13.1. The SMILES string of the molecule is [C-]#[N+]c1c(N(C)CCN2CCCCC2)nc(SCc2ccc(N(C)S(C)(=O)=O)cc2)c(C#N)c1CC. The lowest BCUT2D eigenvalue weighted by molar-refractivity contribution is 0.234. The fourth-order valence-corrected chi connectivity index (χ4v) is 5.73. The number of pyridine rings is 1. The van der Waals surface area contributed by atoms with E-state index in [9.17, 15) is 13.7 Å². The maximum atomic E-state index is 11.8. The van der Waals surface area contributed by atoms with E-state index in [0.717, 1.165) is 37.3 Å². The van der Waals surface area contributed by atoms with Gasteiger partial charge in [0.15, 0.2) is 0 Å². The molecule has 2 heterocycles. The minimum Gasteiger partial charge on any atom is -0.367 e. The Morgan fingerprint density at radius 2 is 1.86 bits per heavy atom. The van der Waals surface area contributed by atoms with Crippen LogP contribution >= 0.6 is 11.8 Å². The van der Waals surface area contributed by atoms with Crippen LogP contribution in [0.3, 0.4) is 0 Å². The Labute approximate surface area is 219 Å². The molecule has 1 aromatic heterocycles. The second-order valence-corrected chi connectivity index (χ2v) is 12.0. The van der Waals surface area contributed by atoms with Crippen molar-refractivity contribution in [2.45, 2.75) is 43.4 Å². The van der Waals surface area contributed by atoms with Crippen molar-refractivity contribution in [3.05, 3.63) is 52.4 Å². The molecule has 0 unspecified atom stereocenters. The maximum Gasteiger partial charge on any atom is 0.232 e. The van der Waals surface area contributed by atoms with Gasteiger partial charge in [-0.25, -0.2) is 18.2 Å². The Bertz CT molecular complexity index is 1240. The van der Waals surface area contributed by atoms with Crippen LogP contribution in [0.15, 0.2) is 29.3 Å². The molecule has 2 aromatic rings. The number of aromatic nitrogens is 1. The van der Waals surface area contributed by atoms with E-state index in [2.05, 4.69) is 15.8 Å². The number of nitriles is 1. The molecule has 0 atom stereocenters. The molecule has 1 fully saturated rings. The molecule has 0 aliphatic carbocycles. The zero-order chi connectivity index (χ0) is 26.3. The van der Waals surface area contributed by atoms with Gasteiger partial charge in [0.25, 0.3) is 0 Å². The molecule has 0 N–H and O–H groups in total. The third-order valence-electron chi connectivity index (χ3n) is 6.53. The van der Waals surface area contributed by atoms with Gasteiger partial charge in [-0.1, -0.05) is 25.5 Å². The number of hydrogen-bond donors (Lipinski definition) is 0. The molecule has 0 bridgehead atoms. The van der Waals surface area contributed by atoms with Gasteiger partial charge in [0, 0.05) is 32.9 Å². The highest BCUT2D eigenvalue weighted by Gasteiger charge is 2.22. The Morgan fingerprint density at radius 1 is 1.19 bits per heavy atom. The molecule has 0 amide bonds. The molecule has 3 rings (SSSR count). The number of hydrogen-bond acceptors (Lipinski definition) is 7. The zero-order valence-electron chi connectivity index (χ0n) is 21.5. The van der Waals surface area contributed by atoms with E-state index in [-0.39, 0.29) is 0 Å². The van der Waals surface area contributed by atoms with Crippen molar-refractivity contribution in [2.24, 2.45) is 0 Å². The van der Waals surface area contributed by atoms with Crippen LogP contribution in [0.25, 0.3) is 4.85 Å². The van der Waals surface area contributed by atoms with Crippen molar-refractivity contribution >= 4 is 39.0 Å². The summed E-state index contributed by atoms with van der Waals surface area (Å²) < 4.78 is 24.8. The number of likely N-dealkylation sites (tertiary alicyclic amines) is 1. The zero-order valence-corrected chi connectivity index (χ0v) is 23.1. The summed E-state index contributed by atoms with van der Waals surface area (Å²) in [7, 11) is 0.172. The summed E-state index contributed by atoms with van der Waals surface area (Å²) in [6, 6.07) is 9.61. The minimum absolute atomic E-state index is 0.465. The third kappa shape index (κ3) is 6.70. The van der Waals surface area contributed by atoms with Gasteiger partial charge < -0.3 is 9.80 Å². The lowest BCUT2D eigenvalue weighted by Crippen LogP contribution is -2.36. The van der Waals surface area contributed by atoms with Gasteiger partial charge in [-0.15, -0.1) is 11.8 Å². The Morgan fingerprint density at radius 3 is 2.42 bits per heavy atom. The monoisotopic (exact) mass is 526 g/mol. The van der Waals surface area contributed by atoms with Crippen LogP contribution in [0.2, 0.25) is 0 Å². The quantitative estimate of drug-likeness (QED) is 0.328. The average Bonchev–Trinajstić information content (AvgIpc) is 2.89. The first-order valence-electron chi connectivity index (χ1n) is 12.1. The molecule has 1 aliphatic rings. The molecule has 1 saturated heterocycles. The van der Waals surface area contributed by atoms with Crippen molar-refractivity contribution in [2.75, 3.05) is 55.7 Å². The fraction of sp³-hybridized carbons (Fsp3) is 0.500. The van der Waals surface area contributed by atoms with Gasteiger partial charge in [-0.2, -0.15) is 5.26 Å². The first-order valence-corrected chi connectivity index (χ1v) is 15.0. The standard InChI is InChI=1S/C26H34N6O2S2/c1-6-22-23(18-27)26(35-19-20-10-12-21(13-11-20)31(4)36(5,33)34)29-25(24(22)28-2)30(3)16-17-32-14-8-7-9-15-32/h10-13H,6-9,14-17,19H2,1,3-5H3. The molecule has 0 saturated carbocycles. The van der Waals surface area contributed by atoms with Crippen molar-refractivity contribution in [1.82, 2.24) is 9.88 Å². The van der Waals surface area contributed by atoms with Crippen molar-refractivity contribution in [1.29, 1.82) is 5.26 Å². The first kappa shape index (κ1) is 27.8. The van der Waals surface area contributed by atoms with Crippen LogP contribution in [0.4, 0.5) is 17.2 Å². The van der Waals surface area contributed by atoms with Crippen LogP contribution in [-0.2, 0) is 22.2 Å². The van der Waals surface area contributed by atoms with Gasteiger partial charge in [0.2, 0.25) is 15.7 Å². The van der Waals surface area contributed by atoms with E-state index in [1.165, 1.54) is 48.6 Å². The lowest BCUT2D eigenvalue weighted by Gasteiger charge is -2.29. The number of benzene rings is 1. The summed E-state index contributed by atoms with van der Waals surface area (Å²) in [6.07, 6.45) is 5.51. The summed E-state index contributed by atoms with van der Waals surface area (Å²) in [6.45, 7) is 13.7. The van der Waals surface area contributed by atoms with Crippen LogP contribution in [-0.4, -0.2) is 64.8 Å². The van der Waals surface area contributed by atoms with Crippen molar-refractivity contribution in [3.63, 3.8) is 0 Å². The number of likely N-dealkylation sites (N-methyl/N-ethyl adjacent to an activating group) is 1. The summed E-state index contributed by atoms with van der Waals surface area (Å²) in [5.41, 5.74) is 3.26. The van der Waals surface area contributed by atoms with Crippen molar-refractivity contribution < 1.29 is 8.42 Å². The molecular formula is C26H34N6O2S2.